The van der Waals surface area contributed by atoms with Crippen molar-refractivity contribution in [1.82, 2.24) is 34.3 Å². The van der Waals surface area contributed by atoms with Crippen molar-refractivity contribution >= 4 is 23.8 Å². The molecule has 0 unspecified atom stereocenters. The Hall–Kier alpha value is -2.40. The topological polar surface area (TPSA) is 91.0 Å². The van der Waals surface area contributed by atoms with E-state index in [1.54, 1.807) is 11.8 Å². The molecule has 0 aromatic rings. The van der Waals surface area contributed by atoms with E-state index in [0.29, 0.717) is 57.1 Å². The Bertz CT molecular complexity index is 1760. The fraction of sp³-hybridized carbons (Fsp3) is 0.944. The molecule has 0 aliphatic carbocycles. The lowest BCUT2D eigenvalue weighted by Gasteiger charge is -2.39. The van der Waals surface area contributed by atoms with Crippen molar-refractivity contribution in [3.05, 3.63) is 0 Å². The van der Waals surface area contributed by atoms with Gasteiger partial charge in [-0.2, -0.15) is 0 Å². The number of carbonyl (C=O) groups excluding carboxylic acids is 4. The summed E-state index contributed by atoms with van der Waals surface area (Å²) in [5, 5.41) is 0. The SMILES string of the molecule is CC(=O)N1CCC(CC(C)(C)C)CC1.CCC(=O)N1CCC(C(C)(C)C)CC1.CCC(=O)N1CCC(CC(C)(C)C)CC1.CCCN1CCC(C(C)(C)C)CC1.CCN1CCC(C(C)(C)C)CC1.CN(C)C(=O)N1CCC(C(C)(C)C)CC1. The molecule has 6 aliphatic heterocycles. The third-order valence-electron chi connectivity index (χ3n) is 19.5. The van der Waals surface area contributed by atoms with Gasteiger partial charge >= 0.3 is 6.03 Å². The third-order valence-corrected chi connectivity index (χ3v) is 19.5. The second-order valence-corrected chi connectivity index (χ2v) is 33.4. The first kappa shape index (κ1) is 78.6. The Morgan fingerprint density at radius 2 is 0.639 bits per heavy atom. The van der Waals surface area contributed by atoms with Gasteiger partial charge in [0.2, 0.25) is 17.7 Å². The molecule has 5 amide bonds. The van der Waals surface area contributed by atoms with Crippen LogP contribution in [-0.4, -0.2) is 164 Å². The Morgan fingerprint density at radius 3 is 0.880 bits per heavy atom. The number of likely N-dealkylation sites (tertiary alicyclic amines) is 6. The van der Waals surface area contributed by atoms with Crippen LogP contribution < -0.4 is 0 Å². The molecule has 0 aromatic carbocycles. The molecule has 6 heterocycles. The molecule has 6 fully saturated rings. The van der Waals surface area contributed by atoms with E-state index in [-0.39, 0.29) is 11.9 Å². The number of piperidine rings is 6. The van der Waals surface area contributed by atoms with E-state index < -0.39 is 0 Å². The lowest BCUT2D eigenvalue weighted by molar-refractivity contribution is -0.133. The summed E-state index contributed by atoms with van der Waals surface area (Å²) in [6.07, 6.45) is 20.2. The molecule has 11 nitrogen and oxygen atoms in total. The maximum Gasteiger partial charge on any atom is 0.319 e. The highest BCUT2D eigenvalue weighted by molar-refractivity contribution is 5.76. The van der Waals surface area contributed by atoms with Crippen molar-refractivity contribution in [2.24, 2.45) is 68.0 Å². The molecule has 6 aliphatic rings. The number of rotatable bonds is 7. The second-order valence-electron chi connectivity index (χ2n) is 33.4. The third kappa shape index (κ3) is 33.0. The van der Waals surface area contributed by atoms with Gasteiger partial charge in [-0.3, -0.25) is 14.4 Å². The van der Waals surface area contributed by atoms with E-state index in [2.05, 4.69) is 148 Å². The quantitative estimate of drug-likeness (QED) is 0.252. The number of amides is 5. The molecule has 0 saturated carbocycles. The van der Waals surface area contributed by atoms with E-state index in [0.717, 1.165) is 101 Å². The summed E-state index contributed by atoms with van der Waals surface area (Å²) in [5.41, 5.74) is 2.71. The highest BCUT2D eigenvalue weighted by atomic mass is 16.2. The molecule has 6 rings (SSSR count). The zero-order valence-electron chi connectivity index (χ0n) is 60.1. The minimum Gasteiger partial charge on any atom is -0.343 e. The first-order valence-electron chi connectivity index (χ1n) is 34.4. The molecular weight excluding hydrogens is 1030 g/mol. The second kappa shape index (κ2) is 36.8. The van der Waals surface area contributed by atoms with Gasteiger partial charge in [0.25, 0.3) is 0 Å². The average Bonchev–Trinajstić information content (AvgIpc) is 3.43. The summed E-state index contributed by atoms with van der Waals surface area (Å²) < 4.78 is 0. The van der Waals surface area contributed by atoms with Crippen LogP contribution in [-0.2, 0) is 14.4 Å². The molecule has 490 valence electrons. The van der Waals surface area contributed by atoms with Crippen LogP contribution in [0, 0.1) is 68.0 Å². The van der Waals surface area contributed by atoms with Crippen molar-refractivity contribution in [3.8, 4) is 0 Å². The first-order valence-corrected chi connectivity index (χ1v) is 34.4. The van der Waals surface area contributed by atoms with E-state index in [1.807, 2.05) is 47.5 Å². The number of urea groups is 1. The smallest absolute Gasteiger partial charge is 0.319 e. The highest BCUT2D eigenvalue weighted by Crippen LogP contribution is 2.38. The van der Waals surface area contributed by atoms with Gasteiger partial charge in [-0.25, -0.2) is 4.79 Å². The predicted octanol–water partition coefficient (Wildman–Crippen LogP) is 16.8. The molecule has 0 bridgehead atoms. The molecule has 11 heteroatoms. The number of hydrogen-bond donors (Lipinski definition) is 0. The average molecular weight is 1170 g/mol. The number of nitrogens with zero attached hydrogens (tertiary/aromatic N) is 7. The standard InChI is InChI=1S/C13H25NO.C12H24N2O.2C12H23NO.C12H25N.C11H23N/c1-5-12(15)14-8-6-11(7-9-14)10-13(2,3)4;1-12(2,3)10-6-8-14(9-7-10)11(15)13(4)5;1-10(14)13-7-5-11(6-8-13)9-12(2,3)4;1-5-11(14)13-8-6-10(7-9-13)12(2,3)4;1-5-8-13-9-6-11(7-10-13)12(2,3)4;1-5-12-8-6-10(7-9-12)11(2,3)4/h11H,5-10H2,1-4H3;10H,6-9H2,1-5H3;11H,5-9H2,1-4H3;10H,5-9H2,1-4H3;11H,5-10H2,1-4H3;10H,5-9H2,1-4H3. The summed E-state index contributed by atoms with van der Waals surface area (Å²) in [5.74, 6) is 5.95. The largest absolute Gasteiger partial charge is 0.343 e. The van der Waals surface area contributed by atoms with Crippen LogP contribution in [0.2, 0.25) is 0 Å². The fourth-order valence-corrected chi connectivity index (χ4v) is 13.7. The van der Waals surface area contributed by atoms with Gasteiger partial charge < -0.3 is 34.3 Å². The van der Waals surface area contributed by atoms with Crippen LogP contribution in [0.1, 0.15) is 268 Å². The lowest BCUT2D eigenvalue weighted by atomic mass is 9.75. The molecule has 0 atom stereocenters. The predicted molar refractivity (Wildman–Crippen MR) is 358 cm³/mol. The van der Waals surface area contributed by atoms with Gasteiger partial charge in [-0.15, -0.1) is 0 Å². The van der Waals surface area contributed by atoms with Crippen molar-refractivity contribution in [2.75, 3.05) is 106 Å². The molecule has 6 saturated heterocycles. The van der Waals surface area contributed by atoms with Crippen LogP contribution >= 0.6 is 0 Å². The van der Waals surface area contributed by atoms with Crippen LogP contribution in [0.5, 0.6) is 0 Å². The van der Waals surface area contributed by atoms with Gasteiger partial charge in [0.05, 0.1) is 0 Å². The molecule has 0 radical (unpaired) electrons. The van der Waals surface area contributed by atoms with Crippen LogP contribution in [0.4, 0.5) is 4.79 Å². The van der Waals surface area contributed by atoms with Gasteiger partial charge in [-0.05, 0) is 204 Å². The lowest BCUT2D eigenvalue weighted by Crippen LogP contribution is -2.45. The van der Waals surface area contributed by atoms with Crippen LogP contribution in [0.25, 0.3) is 0 Å². The van der Waals surface area contributed by atoms with E-state index >= 15 is 0 Å². The van der Waals surface area contributed by atoms with Crippen LogP contribution in [0.3, 0.4) is 0 Å². The Balaban J connectivity index is 0.000000499. The van der Waals surface area contributed by atoms with Gasteiger partial charge in [-0.1, -0.05) is 152 Å². The molecule has 0 spiro atoms. The Labute approximate surface area is 517 Å². The minimum atomic E-state index is 0.155. The maximum absolute atomic E-state index is 11.7. The van der Waals surface area contributed by atoms with Crippen molar-refractivity contribution in [1.29, 1.82) is 0 Å². The highest BCUT2D eigenvalue weighted by Gasteiger charge is 2.33. The zero-order chi connectivity index (χ0) is 63.7. The summed E-state index contributed by atoms with van der Waals surface area (Å²) in [7, 11) is 3.64. The summed E-state index contributed by atoms with van der Waals surface area (Å²) in [6, 6.07) is 0.155. The molecular formula is C72H143N7O4. The van der Waals surface area contributed by atoms with Crippen molar-refractivity contribution in [2.45, 2.75) is 268 Å². The maximum atomic E-state index is 11.7. The molecule has 0 aromatic heterocycles. The van der Waals surface area contributed by atoms with Gasteiger partial charge in [0.15, 0.2) is 0 Å². The van der Waals surface area contributed by atoms with Crippen molar-refractivity contribution < 1.29 is 19.2 Å². The summed E-state index contributed by atoms with van der Waals surface area (Å²) in [4.78, 5) is 60.6. The first-order chi connectivity index (χ1) is 38.1. The van der Waals surface area contributed by atoms with Gasteiger partial charge in [0.1, 0.15) is 0 Å². The molecule has 0 N–H and O–H groups in total. The number of carbonyl (C=O) groups is 4. The summed E-state index contributed by atoms with van der Waals surface area (Å²) in [6.45, 7) is 67.4. The van der Waals surface area contributed by atoms with E-state index in [9.17, 15) is 19.2 Å². The summed E-state index contributed by atoms with van der Waals surface area (Å²) >= 11 is 0. The fourth-order valence-electron chi connectivity index (χ4n) is 13.7. The number of hydrogen-bond acceptors (Lipinski definition) is 6. The minimum absolute atomic E-state index is 0.155. The molecule has 83 heavy (non-hydrogen) atoms. The van der Waals surface area contributed by atoms with E-state index in [4.69, 9.17) is 0 Å². The monoisotopic (exact) mass is 1170 g/mol. The Kier molecular flexibility index (Phi) is 34.9. The van der Waals surface area contributed by atoms with Crippen molar-refractivity contribution in [3.63, 3.8) is 0 Å². The Morgan fingerprint density at radius 1 is 0.373 bits per heavy atom. The normalized spacial score (nSPS) is 20.4. The van der Waals surface area contributed by atoms with Crippen LogP contribution in [0.15, 0.2) is 0 Å². The van der Waals surface area contributed by atoms with E-state index in [1.165, 1.54) is 123 Å². The zero-order valence-corrected chi connectivity index (χ0v) is 60.1. The van der Waals surface area contributed by atoms with Gasteiger partial charge in [0, 0.05) is 86.2 Å².